The van der Waals surface area contributed by atoms with Crippen LogP contribution < -0.4 is 5.32 Å². The van der Waals surface area contributed by atoms with Gasteiger partial charge in [0.25, 0.3) is 0 Å². The summed E-state index contributed by atoms with van der Waals surface area (Å²) in [6.07, 6.45) is 4.67. The van der Waals surface area contributed by atoms with Crippen LogP contribution in [0.25, 0.3) is 5.65 Å². The van der Waals surface area contributed by atoms with Gasteiger partial charge >= 0.3 is 0 Å². The molecule has 1 aliphatic rings. The minimum absolute atomic E-state index is 0.00678. The van der Waals surface area contributed by atoms with E-state index in [-0.39, 0.29) is 5.91 Å². The molecule has 1 saturated heterocycles. The molecule has 3 aromatic rings. The molecule has 1 fully saturated rings. The highest BCUT2D eigenvalue weighted by atomic mass is 35.5. The molecule has 1 atom stereocenters. The summed E-state index contributed by atoms with van der Waals surface area (Å²) >= 11 is 5.96. The van der Waals surface area contributed by atoms with Gasteiger partial charge in [-0.05, 0) is 49.7 Å². The van der Waals surface area contributed by atoms with Gasteiger partial charge in [0.2, 0.25) is 5.91 Å². The molecule has 1 amide bonds. The molecule has 3 heterocycles. The Hall–Kier alpha value is -2.44. The number of benzene rings is 1. The number of piperidine rings is 1. The van der Waals surface area contributed by atoms with E-state index in [1.165, 1.54) is 0 Å². The Labute approximate surface area is 163 Å². The lowest BCUT2D eigenvalue weighted by molar-refractivity contribution is -0.116. The third-order valence-electron chi connectivity index (χ3n) is 4.97. The number of anilines is 1. The molecule has 1 aromatic carbocycles. The zero-order valence-electron chi connectivity index (χ0n) is 15.0. The van der Waals surface area contributed by atoms with Gasteiger partial charge in [-0.2, -0.15) is 0 Å². The third-order valence-corrected chi connectivity index (χ3v) is 5.21. The van der Waals surface area contributed by atoms with Gasteiger partial charge in [0.1, 0.15) is 5.82 Å². The molecular weight excluding hydrogens is 362 g/mol. The predicted molar refractivity (Wildman–Crippen MR) is 106 cm³/mol. The van der Waals surface area contributed by atoms with Crippen molar-refractivity contribution in [2.45, 2.75) is 25.2 Å². The Bertz CT molecular complexity index is 941. The Kier molecular flexibility index (Phi) is 5.36. The number of amides is 1. The van der Waals surface area contributed by atoms with Crippen molar-refractivity contribution in [3.05, 3.63) is 59.5 Å². The van der Waals surface area contributed by atoms with Crippen molar-refractivity contribution in [3.63, 3.8) is 0 Å². The number of halogens is 1. The van der Waals surface area contributed by atoms with E-state index < -0.39 is 0 Å². The highest BCUT2D eigenvalue weighted by Gasteiger charge is 2.25. The quantitative estimate of drug-likeness (QED) is 0.731. The maximum absolute atomic E-state index is 12.2. The third kappa shape index (κ3) is 4.28. The van der Waals surface area contributed by atoms with E-state index in [0.29, 0.717) is 17.4 Å². The molecule has 0 saturated carbocycles. The van der Waals surface area contributed by atoms with Crippen LogP contribution in [-0.4, -0.2) is 45.0 Å². The van der Waals surface area contributed by atoms with E-state index in [1.807, 2.05) is 36.5 Å². The Morgan fingerprint density at radius 2 is 2.15 bits per heavy atom. The molecule has 140 valence electrons. The van der Waals surface area contributed by atoms with Gasteiger partial charge in [-0.1, -0.05) is 23.7 Å². The van der Waals surface area contributed by atoms with Gasteiger partial charge in [0, 0.05) is 42.3 Å². The van der Waals surface area contributed by atoms with Crippen molar-refractivity contribution in [2.24, 2.45) is 0 Å². The van der Waals surface area contributed by atoms with E-state index in [9.17, 15) is 4.79 Å². The molecule has 0 radical (unpaired) electrons. The number of hydrogen-bond donors (Lipinski definition) is 1. The summed E-state index contributed by atoms with van der Waals surface area (Å²) in [5.41, 5.74) is 1.62. The Morgan fingerprint density at radius 1 is 1.22 bits per heavy atom. The van der Waals surface area contributed by atoms with Gasteiger partial charge in [-0.15, -0.1) is 10.2 Å². The molecule has 1 N–H and O–H groups in total. The van der Waals surface area contributed by atoms with Crippen molar-refractivity contribution < 1.29 is 4.79 Å². The summed E-state index contributed by atoms with van der Waals surface area (Å²) in [6.45, 7) is 2.65. The summed E-state index contributed by atoms with van der Waals surface area (Å²) in [7, 11) is 0. The van der Waals surface area contributed by atoms with Crippen LogP contribution in [0.5, 0.6) is 0 Å². The van der Waals surface area contributed by atoms with Crippen LogP contribution in [0.15, 0.2) is 48.7 Å². The minimum atomic E-state index is 0.00678. The van der Waals surface area contributed by atoms with Crippen molar-refractivity contribution in [1.29, 1.82) is 0 Å². The summed E-state index contributed by atoms with van der Waals surface area (Å²) in [5.74, 6) is 1.36. The monoisotopic (exact) mass is 383 g/mol. The lowest BCUT2D eigenvalue weighted by atomic mass is 9.97. The van der Waals surface area contributed by atoms with Crippen molar-refractivity contribution in [1.82, 2.24) is 19.5 Å². The highest BCUT2D eigenvalue weighted by molar-refractivity contribution is 6.30. The summed E-state index contributed by atoms with van der Waals surface area (Å²) in [4.78, 5) is 14.6. The second-order valence-electron chi connectivity index (χ2n) is 6.94. The van der Waals surface area contributed by atoms with Gasteiger partial charge in [-0.25, -0.2) is 0 Å². The molecule has 0 aliphatic carbocycles. The van der Waals surface area contributed by atoms with E-state index in [1.54, 1.807) is 12.1 Å². The number of aromatic nitrogens is 3. The van der Waals surface area contributed by atoms with Gasteiger partial charge in [0.05, 0.1) is 0 Å². The first-order valence-electron chi connectivity index (χ1n) is 9.26. The van der Waals surface area contributed by atoms with Crippen molar-refractivity contribution in [2.75, 3.05) is 25.0 Å². The fraction of sp³-hybridized carbons (Fsp3) is 0.350. The number of hydrogen-bond acceptors (Lipinski definition) is 4. The molecule has 0 bridgehead atoms. The lowest BCUT2D eigenvalue weighted by Crippen LogP contribution is -2.37. The van der Waals surface area contributed by atoms with E-state index >= 15 is 0 Å². The number of nitrogens with one attached hydrogen (secondary N) is 1. The van der Waals surface area contributed by atoms with Gasteiger partial charge in [-0.3, -0.25) is 9.20 Å². The number of fused-ring (bicyclic) bond motifs is 1. The largest absolute Gasteiger partial charge is 0.326 e. The van der Waals surface area contributed by atoms with Gasteiger partial charge < -0.3 is 10.2 Å². The molecule has 27 heavy (non-hydrogen) atoms. The molecule has 1 aliphatic heterocycles. The van der Waals surface area contributed by atoms with Crippen LogP contribution in [-0.2, 0) is 4.79 Å². The molecule has 2 aromatic heterocycles. The number of likely N-dealkylation sites (tertiary alicyclic amines) is 1. The van der Waals surface area contributed by atoms with Crippen molar-refractivity contribution in [3.8, 4) is 0 Å². The molecule has 6 nitrogen and oxygen atoms in total. The average molecular weight is 384 g/mol. The summed E-state index contributed by atoms with van der Waals surface area (Å²) in [5, 5.41) is 12.2. The first-order valence-corrected chi connectivity index (χ1v) is 9.64. The number of nitrogens with zero attached hydrogens (tertiary/aromatic N) is 4. The SMILES string of the molecule is O=C(CCN1CCCC(c2nnc3ccccn23)C1)Nc1cccc(Cl)c1. The first-order chi connectivity index (χ1) is 13.2. The second kappa shape index (κ2) is 8.06. The van der Waals surface area contributed by atoms with Crippen LogP contribution in [0.4, 0.5) is 5.69 Å². The molecule has 7 heteroatoms. The van der Waals surface area contributed by atoms with Crippen molar-refractivity contribution >= 4 is 28.8 Å². The lowest BCUT2D eigenvalue weighted by Gasteiger charge is -2.31. The highest BCUT2D eigenvalue weighted by Crippen LogP contribution is 2.26. The molecule has 0 spiro atoms. The Morgan fingerprint density at radius 3 is 3.04 bits per heavy atom. The summed E-state index contributed by atoms with van der Waals surface area (Å²) in [6, 6.07) is 13.2. The van der Waals surface area contributed by atoms with Crippen LogP contribution in [0.1, 0.15) is 31.0 Å². The van der Waals surface area contributed by atoms with E-state index in [2.05, 4.69) is 24.8 Å². The summed E-state index contributed by atoms with van der Waals surface area (Å²) < 4.78 is 2.07. The van der Waals surface area contributed by atoms with E-state index in [4.69, 9.17) is 11.6 Å². The smallest absolute Gasteiger partial charge is 0.225 e. The maximum Gasteiger partial charge on any atom is 0.225 e. The molecule has 4 rings (SSSR count). The minimum Gasteiger partial charge on any atom is -0.326 e. The Balaban J connectivity index is 1.34. The zero-order valence-corrected chi connectivity index (χ0v) is 15.8. The van der Waals surface area contributed by atoms with Crippen LogP contribution >= 0.6 is 11.6 Å². The fourth-order valence-corrected chi connectivity index (χ4v) is 3.85. The second-order valence-corrected chi connectivity index (χ2v) is 7.37. The zero-order chi connectivity index (χ0) is 18.6. The number of carbonyl (C=O) groups excluding carboxylic acids is 1. The van der Waals surface area contributed by atoms with Gasteiger partial charge in [0.15, 0.2) is 5.65 Å². The molecular formula is C20H22ClN5O. The van der Waals surface area contributed by atoms with Crippen LogP contribution in [0.3, 0.4) is 0 Å². The standard InChI is InChI=1S/C20H22ClN5O/c21-16-6-3-7-17(13-16)22-19(27)9-12-25-10-4-5-15(14-25)20-24-23-18-8-1-2-11-26(18)20/h1-3,6-8,11,13,15H,4-5,9-10,12,14H2,(H,22,27). The topological polar surface area (TPSA) is 62.5 Å². The number of pyridine rings is 1. The normalized spacial score (nSPS) is 17.9. The average Bonchev–Trinajstić information content (AvgIpc) is 3.11. The van der Waals surface area contributed by atoms with Crippen LogP contribution in [0.2, 0.25) is 5.02 Å². The number of rotatable bonds is 5. The first kappa shape index (κ1) is 17.9. The maximum atomic E-state index is 12.2. The van der Waals surface area contributed by atoms with Crippen LogP contribution in [0, 0.1) is 0 Å². The number of carbonyl (C=O) groups is 1. The fourth-order valence-electron chi connectivity index (χ4n) is 3.66. The van der Waals surface area contributed by atoms with E-state index in [0.717, 1.165) is 49.6 Å². The molecule has 1 unspecified atom stereocenters. The predicted octanol–water partition coefficient (Wildman–Crippen LogP) is 3.59.